The Bertz CT molecular complexity index is 398. The van der Waals surface area contributed by atoms with E-state index >= 15 is 0 Å². The number of alkyl halides is 1. The first-order valence-corrected chi connectivity index (χ1v) is 6.78. The fourth-order valence-corrected chi connectivity index (χ4v) is 2.51. The van der Waals surface area contributed by atoms with Crippen LogP contribution in [0.5, 0.6) is 5.75 Å². The van der Waals surface area contributed by atoms with Crippen LogP contribution in [0.3, 0.4) is 0 Å². The summed E-state index contributed by atoms with van der Waals surface area (Å²) in [5.74, 6) is 2.38. The molecule has 1 atom stereocenters. The molecule has 0 N–H and O–H groups in total. The Labute approximate surface area is 108 Å². The van der Waals surface area contributed by atoms with Crippen molar-refractivity contribution >= 4 is 11.6 Å². The smallest absolute Gasteiger partial charge is 0.122 e. The molecular formula is C15H19ClO. The number of ether oxygens (including phenoxy) is 1. The Balaban J connectivity index is 2.08. The molecule has 0 saturated carbocycles. The van der Waals surface area contributed by atoms with Crippen LogP contribution in [-0.2, 0) is 0 Å². The number of rotatable bonds is 4. The Kier molecular flexibility index (Phi) is 4.49. The van der Waals surface area contributed by atoms with Gasteiger partial charge in [0.15, 0.2) is 0 Å². The number of para-hydroxylation sites is 1. The molecular weight excluding hydrogens is 232 g/mol. The van der Waals surface area contributed by atoms with E-state index < -0.39 is 0 Å². The highest BCUT2D eigenvalue weighted by molar-refractivity contribution is 6.17. The molecule has 0 radical (unpaired) electrons. The van der Waals surface area contributed by atoms with Crippen molar-refractivity contribution in [1.82, 2.24) is 0 Å². The lowest BCUT2D eigenvalue weighted by Gasteiger charge is -2.26. The molecule has 17 heavy (non-hydrogen) atoms. The summed E-state index contributed by atoms with van der Waals surface area (Å²) >= 11 is 5.70. The third kappa shape index (κ3) is 3.26. The quantitative estimate of drug-likeness (QED) is 0.564. The van der Waals surface area contributed by atoms with Crippen molar-refractivity contribution in [3.05, 3.63) is 41.5 Å². The molecule has 0 aromatic heterocycles. The van der Waals surface area contributed by atoms with E-state index in [1.807, 2.05) is 6.07 Å². The van der Waals surface area contributed by atoms with Gasteiger partial charge in [0.1, 0.15) is 5.75 Å². The van der Waals surface area contributed by atoms with Crippen LogP contribution in [-0.4, -0.2) is 12.5 Å². The largest absolute Gasteiger partial charge is 0.493 e. The molecule has 92 valence electrons. The lowest BCUT2D eigenvalue weighted by atomic mass is 9.87. The summed E-state index contributed by atoms with van der Waals surface area (Å²) in [6.07, 6.45) is 5.46. The average molecular weight is 251 g/mol. The van der Waals surface area contributed by atoms with E-state index in [0.717, 1.165) is 31.6 Å². The van der Waals surface area contributed by atoms with Gasteiger partial charge in [0.2, 0.25) is 0 Å². The summed E-state index contributed by atoms with van der Waals surface area (Å²) in [5.41, 5.74) is 2.80. The van der Waals surface area contributed by atoms with Gasteiger partial charge in [-0.2, -0.15) is 0 Å². The number of benzene rings is 1. The summed E-state index contributed by atoms with van der Waals surface area (Å²) in [6.45, 7) is 3.04. The zero-order valence-corrected chi connectivity index (χ0v) is 11.0. The second-order valence-electron chi connectivity index (χ2n) is 4.60. The number of hydrogen-bond acceptors (Lipinski definition) is 1. The van der Waals surface area contributed by atoms with Crippen LogP contribution in [0.25, 0.3) is 0 Å². The van der Waals surface area contributed by atoms with Crippen LogP contribution in [0.15, 0.2) is 35.9 Å². The normalized spacial score (nSPS) is 19.6. The van der Waals surface area contributed by atoms with Gasteiger partial charge in [-0.3, -0.25) is 0 Å². The maximum absolute atomic E-state index is 5.70. The van der Waals surface area contributed by atoms with E-state index in [0.29, 0.717) is 11.8 Å². The highest BCUT2D eigenvalue weighted by Crippen LogP contribution is 2.37. The van der Waals surface area contributed by atoms with Gasteiger partial charge >= 0.3 is 0 Å². The van der Waals surface area contributed by atoms with E-state index in [2.05, 4.69) is 31.2 Å². The molecule has 0 aliphatic carbocycles. The first-order valence-electron chi connectivity index (χ1n) is 6.24. The zero-order valence-electron chi connectivity index (χ0n) is 10.3. The van der Waals surface area contributed by atoms with Crippen molar-refractivity contribution in [2.75, 3.05) is 12.5 Å². The van der Waals surface area contributed by atoms with Crippen molar-refractivity contribution in [3.8, 4) is 5.75 Å². The molecule has 0 fully saturated rings. The van der Waals surface area contributed by atoms with Crippen LogP contribution in [0.2, 0.25) is 0 Å². The van der Waals surface area contributed by atoms with Crippen LogP contribution >= 0.6 is 11.6 Å². The van der Waals surface area contributed by atoms with Gasteiger partial charge in [0.25, 0.3) is 0 Å². The summed E-state index contributed by atoms with van der Waals surface area (Å²) < 4.78 is 5.68. The third-order valence-electron chi connectivity index (χ3n) is 3.25. The molecule has 1 nitrogen and oxygen atoms in total. The van der Waals surface area contributed by atoms with Crippen molar-refractivity contribution in [1.29, 1.82) is 0 Å². The molecule has 2 heteroatoms. The summed E-state index contributed by atoms with van der Waals surface area (Å²) in [4.78, 5) is 0. The molecule has 1 heterocycles. The van der Waals surface area contributed by atoms with Gasteiger partial charge in [0.05, 0.1) is 6.61 Å². The molecule has 0 spiro atoms. The summed E-state index contributed by atoms with van der Waals surface area (Å²) in [5, 5.41) is 0. The topological polar surface area (TPSA) is 9.23 Å². The molecule has 1 unspecified atom stereocenters. The number of halogens is 1. The zero-order chi connectivity index (χ0) is 12.1. The third-order valence-corrected chi connectivity index (χ3v) is 3.47. The molecule has 0 bridgehead atoms. The van der Waals surface area contributed by atoms with Gasteiger partial charge in [-0.1, -0.05) is 29.8 Å². The second-order valence-corrected chi connectivity index (χ2v) is 4.98. The Morgan fingerprint density at radius 2 is 2.29 bits per heavy atom. The molecule has 2 rings (SSSR count). The Hall–Kier alpha value is -0.950. The molecule has 1 aromatic carbocycles. The first kappa shape index (κ1) is 12.5. The Morgan fingerprint density at radius 1 is 1.47 bits per heavy atom. The van der Waals surface area contributed by atoms with Gasteiger partial charge in [-0.05, 0) is 43.7 Å². The monoisotopic (exact) mass is 250 g/mol. The molecule has 0 amide bonds. The maximum Gasteiger partial charge on any atom is 0.122 e. The fraction of sp³-hybridized carbons (Fsp3) is 0.467. The number of allylic oxidation sites excluding steroid dienone is 2. The lowest BCUT2D eigenvalue weighted by molar-refractivity contribution is 0.266. The SMILES string of the molecule is C/C(=C/CCCl)CC1CCOc2ccccc21. The predicted molar refractivity (Wildman–Crippen MR) is 73.0 cm³/mol. The van der Waals surface area contributed by atoms with E-state index in [4.69, 9.17) is 16.3 Å². The second kappa shape index (κ2) is 6.11. The van der Waals surface area contributed by atoms with Crippen molar-refractivity contribution in [2.24, 2.45) is 0 Å². The summed E-state index contributed by atoms with van der Waals surface area (Å²) in [6, 6.07) is 8.39. The first-order chi connectivity index (χ1) is 8.31. The van der Waals surface area contributed by atoms with Gasteiger partial charge < -0.3 is 4.74 Å². The number of fused-ring (bicyclic) bond motifs is 1. The van der Waals surface area contributed by atoms with Crippen LogP contribution in [0, 0.1) is 0 Å². The van der Waals surface area contributed by atoms with Crippen LogP contribution in [0.4, 0.5) is 0 Å². The van der Waals surface area contributed by atoms with E-state index in [9.17, 15) is 0 Å². The standard InChI is InChI=1S/C15H19ClO/c1-12(5-4-9-16)11-13-8-10-17-15-7-3-2-6-14(13)15/h2-3,5-7,13H,4,8-11H2,1H3/b12-5-. The van der Waals surface area contributed by atoms with Gasteiger partial charge in [-0.15, -0.1) is 11.6 Å². The van der Waals surface area contributed by atoms with E-state index in [-0.39, 0.29) is 0 Å². The molecule has 1 aromatic rings. The maximum atomic E-state index is 5.70. The molecule has 1 aliphatic heterocycles. The van der Waals surface area contributed by atoms with Crippen molar-refractivity contribution in [2.45, 2.75) is 32.1 Å². The lowest BCUT2D eigenvalue weighted by Crippen LogP contribution is -2.14. The highest BCUT2D eigenvalue weighted by atomic mass is 35.5. The summed E-state index contributed by atoms with van der Waals surface area (Å²) in [7, 11) is 0. The molecule has 0 saturated heterocycles. The average Bonchev–Trinajstić information content (AvgIpc) is 2.37. The number of hydrogen-bond donors (Lipinski definition) is 0. The van der Waals surface area contributed by atoms with Gasteiger partial charge in [0, 0.05) is 5.88 Å². The Morgan fingerprint density at radius 3 is 3.12 bits per heavy atom. The fourth-order valence-electron chi connectivity index (χ4n) is 2.40. The van der Waals surface area contributed by atoms with E-state index in [1.54, 1.807) is 0 Å². The van der Waals surface area contributed by atoms with Crippen LogP contribution < -0.4 is 4.74 Å². The molecule has 1 aliphatic rings. The van der Waals surface area contributed by atoms with Crippen LogP contribution in [0.1, 0.15) is 37.7 Å². The van der Waals surface area contributed by atoms with E-state index in [1.165, 1.54) is 11.1 Å². The van der Waals surface area contributed by atoms with Gasteiger partial charge in [-0.25, -0.2) is 0 Å². The minimum Gasteiger partial charge on any atom is -0.493 e. The highest BCUT2D eigenvalue weighted by Gasteiger charge is 2.20. The van der Waals surface area contributed by atoms with Crippen molar-refractivity contribution in [3.63, 3.8) is 0 Å². The minimum atomic E-state index is 0.603. The predicted octanol–water partition coefficient (Wildman–Crippen LogP) is 4.52. The van der Waals surface area contributed by atoms with Crippen molar-refractivity contribution < 1.29 is 4.74 Å². The minimum absolute atomic E-state index is 0.603.